The van der Waals surface area contributed by atoms with Gasteiger partial charge in [-0.1, -0.05) is 30.7 Å². The van der Waals surface area contributed by atoms with Gasteiger partial charge in [-0.3, -0.25) is 9.79 Å². The molecule has 1 atom stereocenters. The van der Waals surface area contributed by atoms with Crippen LogP contribution in [-0.2, 0) is 11.2 Å². The summed E-state index contributed by atoms with van der Waals surface area (Å²) in [5.74, 6) is 1.13. The number of halogens is 1. The highest BCUT2D eigenvalue weighted by Gasteiger charge is 2.23. The number of piperazine rings is 1. The molecule has 1 fully saturated rings. The van der Waals surface area contributed by atoms with Crippen LogP contribution in [0.5, 0.6) is 0 Å². The molecule has 144 valence electrons. The minimum absolute atomic E-state index is 0.128. The number of nitrogens with one attached hydrogen (secondary N) is 1. The molecule has 0 spiro atoms. The van der Waals surface area contributed by atoms with Crippen molar-refractivity contribution in [2.24, 2.45) is 10.9 Å². The maximum absolute atomic E-state index is 12.5. The Morgan fingerprint density at radius 1 is 1.31 bits per heavy atom. The molecule has 7 heteroatoms. The number of aliphatic hydroxyl groups excluding tert-OH is 1. The molecule has 0 bridgehead atoms. The van der Waals surface area contributed by atoms with Gasteiger partial charge in [-0.15, -0.1) is 0 Å². The minimum Gasteiger partial charge on any atom is -0.396 e. The van der Waals surface area contributed by atoms with Crippen molar-refractivity contribution in [2.45, 2.75) is 20.3 Å². The number of guanidine groups is 1. The van der Waals surface area contributed by atoms with Gasteiger partial charge in [0.2, 0.25) is 5.91 Å². The van der Waals surface area contributed by atoms with Crippen molar-refractivity contribution >= 4 is 23.5 Å². The van der Waals surface area contributed by atoms with Crippen LogP contribution in [0.4, 0.5) is 0 Å². The van der Waals surface area contributed by atoms with Gasteiger partial charge in [0.25, 0.3) is 0 Å². The SMILES string of the molecule is CCNC(=NCC(C)CO)N1CCN(C(=O)Cc2cccc(Cl)c2)CC1. The molecule has 1 saturated heterocycles. The van der Waals surface area contributed by atoms with E-state index in [1.807, 2.05) is 43.0 Å². The Bertz CT molecular complexity index is 615. The molecule has 2 rings (SSSR count). The number of hydrogen-bond acceptors (Lipinski definition) is 3. The second kappa shape index (κ2) is 10.4. The van der Waals surface area contributed by atoms with Gasteiger partial charge in [-0.05, 0) is 30.5 Å². The summed E-state index contributed by atoms with van der Waals surface area (Å²) >= 11 is 5.99. The van der Waals surface area contributed by atoms with Crippen molar-refractivity contribution in [1.82, 2.24) is 15.1 Å². The minimum atomic E-state index is 0.128. The lowest BCUT2D eigenvalue weighted by Gasteiger charge is -2.36. The van der Waals surface area contributed by atoms with Crippen LogP contribution in [0, 0.1) is 5.92 Å². The first-order valence-electron chi connectivity index (χ1n) is 9.19. The number of amides is 1. The van der Waals surface area contributed by atoms with Crippen LogP contribution in [0.15, 0.2) is 29.3 Å². The number of benzene rings is 1. The third-order valence-corrected chi connectivity index (χ3v) is 4.61. The molecule has 0 aromatic heterocycles. The summed E-state index contributed by atoms with van der Waals surface area (Å²) in [7, 11) is 0. The Labute approximate surface area is 160 Å². The van der Waals surface area contributed by atoms with Crippen LogP contribution < -0.4 is 5.32 Å². The largest absolute Gasteiger partial charge is 0.396 e. The highest BCUT2D eigenvalue weighted by atomic mass is 35.5. The molecule has 1 aliphatic heterocycles. The summed E-state index contributed by atoms with van der Waals surface area (Å²) in [6, 6.07) is 7.45. The van der Waals surface area contributed by atoms with E-state index in [2.05, 4.69) is 15.2 Å². The van der Waals surface area contributed by atoms with Crippen LogP contribution in [0.3, 0.4) is 0 Å². The van der Waals surface area contributed by atoms with Crippen molar-refractivity contribution < 1.29 is 9.90 Å². The van der Waals surface area contributed by atoms with Gasteiger partial charge in [0.1, 0.15) is 0 Å². The molecule has 6 nitrogen and oxygen atoms in total. The van der Waals surface area contributed by atoms with Crippen molar-refractivity contribution in [2.75, 3.05) is 45.9 Å². The number of aliphatic imine (C=N–C) groups is 1. The average molecular weight is 381 g/mol. The molecule has 0 aliphatic carbocycles. The summed E-state index contributed by atoms with van der Waals surface area (Å²) in [6.07, 6.45) is 0.378. The molecule has 1 aromatic carbocycles. The second-order valence-electron chi connectivity index (χ2n) is 6.66. The Hall–Kier alpha value is -1.79. The molecule has 1 amide bonds. The monoisotopic (exact) mass is 380 g/mol. The molecule has 1 aromatic rings. The second-order valence-corrected chi connectivity index (χ2v) is 7.09. The summed E-state index contributed by atoms with van der Waals surface area (Å²) < 4.78 is 0. The zero-order valence-corrected chi connectivity index (χ0v) is 16.4. The van der Waals surface area contributed by atoms with Crippen LogP contribution in [0.2, 0.25) is 5.02 Å². The lowest BCUT2D eigenvalue weighted by molar-refractivity contribution is -0.131. The van der Waals surface area contributed by atoms with Gasteiger partial charge in [-0.25, -0.2) is 0 Å². The Balaban J connectivity index is 1.89. The van der Waals surface area contributed by atoms with E-state index in [1.54, 1.807) is 0 Å². The fourth-order valence-corrected chi connectivity index (χ4v) is 3.04. The number of rotatable bonds is 6. The summed E-state index contributed by atoms with van der Waals surface area (Å²) in [5.41, 5.74) is 0.942. The van der Waals surface area contributed by atoms with Crippen molar-refractivity contribution in [1.29, 1.82) is 0 Å². The van der Waals surface area contributed by atoms with Gasteiger partial charge in [0.15, 0.2) is 5.96 Å². The number of aliphatic hydroxyl groups is 1. The average Bonchev–Trinajstić information content (AvgIpc) is 2.65. The summed E-state index contributed by atoms with van der Waals surface area (Å²) in [4.78, 5) is 21.2. The Kier molecular flexibility index (Phi) is 8.19. The van der Waals surface area contributed by atoms with Crippen molar-refractivity contribution in [3.8, 4) is 0 Å². The van der Waals surface area contributed by atoms with Gasteiger partial charge in [0, 0.05) is 50.9 Å². The molecule has 0 radical (unpaired) electrons. The number of carbonyl (C=O) groups is 1. The quantitative estimate of drug-likeness (QED) is 0.581. The topological polar surface area (TPSA) is 68.2 Å². The zero-order valence-electron chi connectivity index (χ0n) is 15.6. The van der Waals surface area contributed by atoms with Crippen LogP contribution in [0.25, 0.3) is 0 Å². The lowest BCUT2D eigenvalue weighted by atomic mass is 10.1. The standard InChI is InChI=1S/C19H29ClN4O2/c1-3-21-19(22-13-15(2)14-25)24-9-7-23(8-10-24)18(26)12-16-5-4-6-17(20)11-16/h4-6,11,15,25H,3,7-10,12-14H2,1-2H3,(H,21,22). The first kappa shape index (κ1) is 20.5. The maximum Gasteiger partial charge on any atom is 0.227 e. The van der Waals surface area contributed by atoms with E-state index < -0.39 is 0 Å². The predicted octanol–water partition coefficient (Wildman–Crippen LogP) is 1.62. The molecule has 1 heterocycles. The third kappa shape index (κ3) is 6.18. The zero-order chi connectivity index (χ0) is 18.9. The number of nitrogens with zero attached hydrogens (tertiary/aromatic N) is 3. The molecule has 26 heavy (non-hydrogen) atoms. The molecule has 0 saturated carbocycles. The van der Waals surface area contributed by atoms with Gasteiger partial charge >= 0.3 is 0 Å². The van der Waals surface area contributed by atoms with Gasteiger partial charge in [-0.2, -0.15) is 0 Å². The summed E-state index contributed by atoms with van der Waals surface area (Å²) in [6.45, 7) is 8.39. The Morgan fingerprint density at radius 2 is 2.00 bits per heavy atom. The van der Waals surface area contributed by atoms with E-state index in [9.17, 15) is 4.79 Å². The lowest BCUT2D eigenvalue weighted by Crippen LogP contribution is -2.54. The van der Waals surface area contributed by atoms with Crippen LogP contribution in [-0.4, -0.2) is 72.6 Å². The number of carbonyl (C=O) groups excluding carboxylic acids is 1. The maximum atomic E-state index is 12.5. The van der Waals surface area contributed by atoms with Gasteiger partial charge < -0.3 is 20.2 Å². The van der Waals surface area contributed by atoms with Crippen molar-refractivity contribution in [3.05, 3.63) is 34.9 Å². The van der Waals surface area contributed by atoms with E-state index >= 15 is 0 Å². The fourth-order valence-electron chi connectivity index (χ4n) is 2.83. The molecular weight excluding hydrogens is 352 g/mol. The van der Waals surface area contributed by atoms with Crippen LogP contribution >= 0.6 is 11.6 Å². The van der Waals surface area contributed by atoms with E-state index in [0.29, 0.717) is 31.1 Å². The van der Waals surface area contributed by atoms with Crippen LogP contribution in [0.1, 0.15) is 19.4 Å². The number of hydrogen-bond donors (Lipinski definition) is 2. The van der Waals surface area contributed by atoms with E-state index in [1.165, 1.54) is 0 Å². The van der Waals surface area contributed by atoms with Crippen molar-refractivity contribution in [3.63, 3.8) is 0 Å². The smallest absolute Gasteiger partial charge is 0.227 e. The summed E-state index contributed by atoms with van der Waals surface area (Å²) in [5, 5.41) is 13.1. The van der Waals surface area contributed by atoms with E-state index in [4.69, 9.17) is 16.7 Å². The first-order chi connectivity index (χ1) is 12.5. The predicted molar refractivity (Wildman–Crippen MR) is 106 cm³/mol. The van der Waals surface area contributed by atoms with E-state index in [0.717, 1.165) is 31.2 Å². The molecule has 1 unspecified atom stereocenters. The van der Waals surface area contributed by atoms with E-state index in [-0.39, 0.29) is 18.4 Å². The Morgan fingerprint density at radius 3 is 2.62 bits per heavy atom. The highest BCUT2D eigenvalue weighted by molar-refractivity contribution is 6.30. The van der Waals surface area contributed by atoms with Gasteiger partial charge in [0.05, 0.1) is 6.42 Å². The molecular formula is C19H29ClN4O2. The molecule has 2 N–H and O–H groups in total. The first-order valence-corrected chi connectivity index (χ1v) is 9.57. The third-order valence-electron chi connectivity index (χ3n) is 4.38. The normalized spacial score (nSPS) is 16.5. The highest BCUT2D eigenvalue weighted by Crippen LogP contribution is 2.13. The fraction of sp³-hybridized carbons (Fsp3) is 0.579. The molecule has 1 aliphatic rings.